The van der Waals surface area contributed by atoms with Crippen molar-refractivity contribution in [1.82, 2.24) is 0 Å². The number of sulfonamides is 1. The molecule has 3 aromatic rings. The van der Waals surface area contributed by atoms with Crippen LogP contribution in [0.2, 0.25) is 10.0 Å². The lowest BCUT2D eigenvalue weighted by molar-refractivity contribution is 0.102. The van der Waals surface area contributed by atoms with Gasteiger partial charge in [-0.1, -0.05) is 29.3 Å². The number of halogens is 4. The van der Waals surface area contributed by atoms with E-state index < -0.39 is 40.3 Å². The molecule has 4 rings (SSSR count). The van der Waals surface area contributed by atoms with Gasteiger partial charge >= 0.3 is 0 Å². The van der Waals surface area contributed by atoms with Crippen LogP contribution in [0.25, 0.3) is 0 Å². The molecule has 34 heavy (non-hydrogen) atoms. The number of amides is 1. The molecule has 0 fully saturated rings. The van der Waals surface area contributed by atoms with Crippen molar-refractivity contribution in [3.8, 4) is 5.75 Å². The van der Waals surface area contributed by atoms with Gasteiger partial charge < -0.3 is 15.2 Å². The Morgan fingerprint density at radius 1 is 1.12 bits per heavy atom. The highest BCUT2D eigenvalue weighted by molar-refractivity contribution is 7.92. The molecule has 3 aromatic carbocycles. The molecular weight excluding hydrogens is 513 g/mol. The lowest BCUT2D eigenvalue weighted by Gasteiger charge is -2.35. The second-order valence-electron chi connectivity index (χ2n) is 7.26. The van der Waals surface area contributed by atoms with Gasteiger partial charge in [0.05, 0.1) is 45.0 Å². The molecule has 1 atom stereocenters. The number of hydrogen-bond donors (Lipinski definition) is 2. The minimum atomic E-state index is -4.26. The second-order valence-corrected chi connectivity index (χ2v) is 9.94. The van der Waals surface area contributed by atoms with Gasteiger partial charge in [0.1, 0.15) is 17.7 Å². The normalized spacial score (nSPS) is 15.4. The quantitative estimate of drug-likeness (QED) is 0.509. The van der Waals surface area contributed by atoms with Crippen molar-refractivity contribution in [3.05, 3.63) is 81.8 Å². The topological polar surface area (TPSA) is 95.9 Å². The first-order valence-corrected chi connectivity index (χ1v) is 12.0. The van der Waals surface area contributed by atoms with Crippen LogP contribution in [-0.2, 0) is 10.0 Å². The number of fused-ring (bicyclic) bond motifs is 1. The molecule has 0 aromatic heterocycles. The van der Waals surface area contributed by atoms with E-state index in [-0.39, 0.29) is 44.2 Å². The zero-order valence-electron chi connectivity index (χ0n) is 17.1. The van der Waals surface area contributed by atoms with E-state index in [0.717, 1.165) is 40.7 Å². The lowest BCUT2D eigenvalue weighted by atomic mass is 10.1. The third kappa shape index (κ3) is 4.54. The van der Waals surface area contributed by atoms with Gasteiger partial charge in [0.15, 0.2) is 5.82 Å². The SMILES string of the molecule is O=C(Nc1cc2c(cc1F)O[C@@H](CO)CN2S(=O)(=O)c1ccc(F)cc1)c1c(Cl)cccc1Cl. The number of ether oxygens (including phenoxy) is 1. The van der Waals surface area contributed by atoms with E-state index in [1.54, 1.807) is 0 Å². The second kappa shape index (κ2) is 9.38. The van der Waals surface area contributed by atoms with Crippen LogP contribution in [0.15, 0.2) is 59.5 Å². The number of carbonyl (C=O) groups excluding carboxylic acids is 1. The van der Waals surface area contributed by atoms with Gasteiger partial charge in [0.2, 0.25) is 0 Å². The lowest BCUT2D eigenvalue weighted by Crippen LogP contribution is -2.45. The molecule has 1 amide bonds. The number of anilines is 2. The largest absolute Gasteiger partial charge is 0.484 e. The molecule has 0 aliphatic carbocycles. The smallest absolute Gasteiger partial charge is 0.264 e. The molecule has 1 aliphatic rings. The highest BCUT2D eigenvalue weighted by atomic mass is 35.5. The monoisotopic (exact) mass is 528 g/mol. The molecule has 1 heterocycles. The van der Waals surface area contributed by atoms with Crippen molar-refractivity contribution in [2.75, 3.05) is 22.8 Å². The molecule has 0 bridgehead atoms. The summed E-state index contributed by atoms with van der Waals surface area (Å²) in [5.41, 5.74) is -0.531. The van der Waals surface area contributed by atoms with Gasteiger partial charge in [0, 0.05) is 6.07 Å². The average molecular weight is 529 g/mol. The van der Waals surface area contributed by atoms with Crippen molar-refractivity contribution in [1.29, 1.82) is 0 Å². The predicted molar refractivity (Wildman–Crippen MR) is 123 cm³/mol. The Morgan fingerprint density at radius 2 is 1.76 bits per heavy atom. The highest BCUT2D eigenvalue weighted by Crippen LogP contribution is 2.40. The fraction of sp³-hybridized carbons (Fsp3) is 0.136. The summed E-state index contributed by atoms with van der Waals surface area (Å²) in [5.74, 6) is -2.53. The van der Waals surface area contributed by atoms with Crippen LogP contribution in [0.5, 0.6) is 5.75 Å². The average Bonchev–Trinajstić information content (AvgIpc) is 2.79. The summed E-state index contributed by atoms with van der Waals surface area (Å²) < 4.78 is 61.2. The van der Waals surface area contributed by atoms with Crippen LogP contribution in [0.4, 0.5) is 20.2 Å². The van der Waals surface area contributed by atoms with Crippen molar-refractivity contribution >= 4 is 50.5 Å². The molecule has 2 N–H and O–H groups in total. The third-order valence-electron chi connectivity index (χ3n) is 5.02. The first-order chi connectivity index (χ1) is 16.1. The Labute approximate surface area is 203 Å². The van der Waals surface area contributed by atoms with E-state index in [4.69, 9.17) is 27.9 Å². The van der Waals surface area contributed by atoms with Crippen molar-refractivity contribution < 1.29 is 31.8 Å². The number of aliphatic hydroxyl groups excluding tert-OH is 1. The van der Waals surface area contributed by atoms with Crippen molar-refractivity contribution in [3.63, 3.8) is 0 Å². The Kier molecular flexibility index (Phi) is 6.68. The Hall–Kier alpha value is -2.92. The summed E-state index contributed by atoms with van der Waals surface area (Å²) in [7, 11) is -4.26. The number of nitrogens with zero attached hydrogens (tertiary/aromatic N) is 1. The third-order valence-corrected chi connectivity index (χ3v) is 7.45. The van der Waals surface area contributed by atoms with Crippen LogP contribution < -0.4 is 14.4 Å². The van der Waals surface area contributed by atoms with E-state index in [2.05, 4.69) is 5.32 Å². The molecule has 0 radical (unpaired) electrons. The number of benzene rings is 3. The van der Waals surface area contributed by atoms with Gasteiger partial charge in [0.25, 0.3) is 15.9 Å². The summed E-state index contributed by atoms with van der Waals surface area (Å²) >= 11 is 12.1. The van der Waals surface area contributed by atoms with Crippen molar-refractivity contribution in [2.45, 2.75) is 11.0 Å². The predicted octanol–water partition coefficient (Wildman–Crippen LogP) is 4.47. The molecule has 0 spiro atoms. The standard InChI is InChI=1S/C22H16Cl2F2N2O5S/c23-15-2-1-3-16(24)21(15)22(30)27-18-9-19-20(8-17(18)26)33-13(11-29)10-28(19)34(31,32)14-6-4-12(25)5-7-14/h1-9,13,29H,10-11H2,(H,27,30)/t13-/m1/s1. The van der Waals surface area contributed by atoms with Crippen molar-refractivity contribution in [2.24, 2.45) is 0 Å². The van der Waals surface area contributed by atoms with Gasteiger partial charge in [-0.3, -0.25) is 9.10 Å². The van der Waals surface area contributed by atoms with Gasteiger partial charge in [-0.15, -0.1) is 0 Å². The highest BCUT2D eigenvalue weighted by Gasteiger charge is 2.35. The van der Waals surface area contributed by atoms with E-state index in [1.807, 2.05) is 0 Å². The summed E-state index contributed by atoms with van der Waals surface area (Å²) in [6, 6.07) is 10.5. The van der Waals surface area contributed by atoms with E-state index in [9.17, 15) is 27.1 Å². The molecule has 12 heteroatoms. The summed E-state index contributed by atoms with van der Waals surface area (Å²) in [4.78, 5) is 12.5. The number of nitrogens with one attached hydrogen (secondary N) is 1. The maximum absolute atomic E-state index is 14.8. The minimum absolute atomic E-state index is 0.0398. The molecule has 0 saturated heterocycles. The molecule has 0 saturated carbocycles. The first-order valence-electron chi connectivity index (χ1n) is 9.76. The van der Waals surface area contributed by atoms with Gasteiger partial charge in [-0.25, -0.2) is 17.2 Å². The van der Waals surface area contributed by atoms with Gasteiger partial charge in [-0.2, -0.15) is 0 Å². The number of aliphatic hydroxyl groups is 1. The molecule has 1 aliphatic heterocycles. The van der Waals surface area contributed by atoms with Crippen LogP contribution in [0, 0.1) is 11.6 Å². The molecule has 7 nitrogen and oxygen atoms in total. The minimum Gasteiger partial charge on any atom is -0.484 e. The molecule has 178 valence electrons. The van der Waals surface area contributed by atoms with Crippen LogP contribution in [0.1, 0.15) is 10.4 Å². The zero-order chi connectivity index (χ0) is 24.6. The maximum Gasteiger partial charge on any atom is 0.264 e. The fourth-order valence-electron chi connectivity index (χ4n) is 3.38. The maximum atomic E-state index is 14.8. The Balaban J connectivity index is 1.77. The molecule has 0 unspecified atom stereocenters. The Bertz CT molecular complexity index is 1350. The first kappa shape index (κ1) is 24.2. The van der Waals surface area contributed by atoms with E-state index in [1.165, 1.54) is 18.2 Å². The van der Waals surface area contributed by atoms with E-state index in [0.29, 0.717) is 0 Å². The number of carbonyl (C=O) groups is 1. The zero-order valence-corrected chi connectivity index (χ0v) is 19.5. The summed E-state index contributed by atoms with van der Waals surface area (Å²) in [6.07, 6.45) is -0.982. The van der Waals surface area contributed by atoms with Crippen LogP contribution >= 0.6 is 23.2 Å². The number of hydrogen-bond acceptors (Lipinski definition) is 5. The Morgan fingerprint density at radius 3 is 2.38 bits per heavy atom. The van der Waals surface area contributed by atoms with Crippen LogP contribution in [0.3, 0.4) is 0 Å². The summed E-state index contributed by atoms with van der Waals surface area (Å²) in [5, 5.41) is 12.0. The van der Waals surface area contributed by atoms with E-state index >= 15 is 0 Å². The molecular formula is C22H16Cl2F2N2O5S. The van der Waals surface area contributed by atoms with Crippen LogP contribution in [-0.4, -0.2) is 38.7 Å². The summed E-state index contributed by atoms with van der Waals surface area (Å²) in [6.45, 7) is -0.849. The fourth-order valence-corrected chi connectivity index (χ4v) is 5.45. The number of rotatable bonds is 5. The van der Waals surface area contributed by atoms with Gasteiger partial charge in [-0.05, 0) is 42.5 Å².